The van der Waals surface area contributed by atoms with Crippen LogP contribution in [0.2, 0.25) is 5.02 Å². The molecule has 0 spiro atoms. The fourth-order valence-corrected chi connectivity index (χ4v) is 4.17. The molecule has 3 rings (SSSR count). The Bertz CT molecular complexity index is 1440. The summed E-state index contributed by atoms with van der Waals surface area (Å²) in [6.45, 7) is 8.52. The minimum absolute atomic E-state index is 0.0278. The normalized spacial score (nSPS) is 17.6. The molecule has 0 saturated heterocycles. The lowest BCUT2D eigenvalue weighted by molar-refractivity contribution is -0.211. The van der Waals surface area contributed by atoms with Gasteiger partial charge in [-0.3, -0.25) is 14.4 Å². The molecule has 2 aliphatic rings. The summed E-state index contributed by atoms with van der Waals surface area (Å²) in [4.78, 5) is 39.1. The molecule has 1 heterocycles. The zero-order valence-electron chi connectivity index (χ0n) is 26.4. The van der Waals surface area contributed by atoms with Crippen LogP contribution in [0, 0.1) is 22.7 Å². The number of halogens is 6. The number of anilines is 1. The van der Waals surface area contributed by atoms with Crippen LogP contribution in [0.25, 0.3) is 0 Å². The van der Waals surface area contributed by atoms with Gasteiger partial charge in [0.25, 0.3) is 5.91 Å². The fourth-order valence-electron chi connectivity index (χ4n) is 4.01. The Balaban J connectivity index is 0.00000137. The molecule has 8 nitrogen and oxygen atoms in total. The number of rotatable bonds is 8. The Morgan fingerprint density at radius 3 is 2.35 bits per heavy atom. The summed E-state index contributed by atoms with van der Waals surface area (Å²) in [5, 5.41) is 17.3. The minimum atomic E-state index is -4.73. The van der Waals surface area contributed by atoms with Gasteiger partial charge in [-0.05, 0) is 56.2 Å². The van der Waals surface area contributed by atoms with E-state index >= 15 is 0 Å². The van der Waals surface area contributed by atoms with E-state index in [2.05, 4.69) is 16.0 Å². The summed E-state index contributed by atoms with van der Waals surface area (Å²) in [5.74, 6) is -3.30. The maximum Gasteiger partial charge on any atom is 0.402 e. The van der Waals surface area contributed by atoms with E-state index in [-0.39, 0.29) is 41.2 Å². The Hall–Kier alpha value is -4.02. The molecule has 5 N–H and O–H groups in total. The SMILES string of the molecule is CC.CC1=C(C(=O)Nc2ccc(Cl)c(C#N)c2)C(C(=O)C2=CC(CNC(=O)C(C)(C)C(F)(F)F)=CNC2)C(N)C=C1.CCC(F)F. The van der Waals surface area contributed by atoms with E-state index in [1.54, 1.807) is 19.1 Å². The quantitative estimate of drug-likeness (QED) is 0.238. The molecule has 0 radical (unpaired) electrons. The molecule has 252 valence electrons. The standard InChI is InChI=1S/C27H27ClF3N5O3.C3H6F2.C2H6/c1-14-4-7-20(33)22(21(14)24(38)36-18-5-6-19(28)16(9-18)10-32)23(37)17-8-15(11-34-13-17)12-35-25(39)26(2,3)27(29,30)31;1-2-3(4)5;1-2/h4-9,11,20,22,34H,12-13,33H2,1-3H3,(H,35,39)(H,36,38);3H,2H2,1H3;1-2H3. The number of Topliss-reactive ketones (excluding diaryl/α,β-unsaturated/α-hetero) is 1. The lowest BCUT2D eigenvalue weighted by Crippen LogP contribution is -2.47. The smallest absolute Gasteiger partial charge is 0.386 e. The number of hydrogen-bond acceptors (Lipinski definition) is 6. The summed E-state index contributed by atoms with van der Waals surface area (Å²) >= 11 is 5.96. The Labute approximate surface area is 270 Å². The number of alkyl halides is 5. The van der Waals surface area contributed by atoms with Crippen LogP contribution in [0.15, 0.2) is 64.9 Å². The molecule has 14 heteroatoms. The van der Waals surface area contributed by atoms with Crippen LogP contribution in [-0.4, -0.2) is 49.3 Å². The molecule has 0 bridgehead atoms. The van der Waals surface area contributed by atoms with E-state index < -0.39 is 47.6 Å². The van der Waals surface area contributed by atoms with Gasteiger partial charge in [-0.1, -0.05) is 44.5 Å². The van der Waals surface area contributed by atoms with Crippen molar-refractivity contribution in [1.29, 1.82) is 5.26 Å². The highest BCUT2D eigenvalue weighted by Gasteiger charge is 2.52. The number of nitriles is 1. The van der Waals surface area contributed by atoms with Crippen LogP contribution < -0.4 is 21.7 Å². The number of carbonyl (C=O) groups is 3. The second-order valence-electron chi connectivity index (χ2n) is 10.5. The largest absolute Gasteiger partial charge is 0.402 e. The van der Waals surface area contributed by atoms with Crippen molar-refractivity contribution in [1.82, 2.24) is 10.6 Å². The zero-order valence-corrected chi connectivity index (χ0v) is 27.2. The van der Waals surface area contributed by atoms with Crippen molar-refractivity contribution in [3.05, 3.63) is 75.5 Å². The molecule has 2 unspecified atom stereocenters. The third-order valence-electron chi connectivity index (χ3n) is 6.86. The number of nitrogens with one attached hydrogen (secondary N) is 3. The van der Waals surface area contributed by atoms with Crippen molar-refractivity contribution in [2.24, 2.45) is 17.1 Å². The van der Waals surface area contributed by atoms with Gasteiger partial charge in [0.2, 0.25) is 12.3 Å². The Morgan fingerprint density at radius 1 is 1.20 bits per heavy atom. The van der Waals surface area contributed by atoms with Crippen molar-refractivity contribution in [2.75, 3.05) is 18.4 Å². The second kappa shape index (κ2) is 17.6. The number of hydrogen-bond donors (Lipinski definition) is 4. The minimum Gasteiger partial charge on any atom is -0.386 e. The van der Waals surface area contributed by atoms with Gasteiger partial charge in [0, 0.05) is 48.6 Å². The van der Waals surface area contributed by atoms with Gasteiger partial charge in [-0.15, -0.1) is 0 Å². The highest BCUT2D eigenvalue weighted by molar-refractivity contribution is 6.31. The number of nitrogens with two attached hydrogens (primary N) is 1. The number of dihydropyridines is 1. The maximum atomic E-state index is 13.6. The van der Waals surface area contributed by atoms with Gasteiger partial charge in [-0.2, -0.15) is 18.4 Å². The number of benzene rings is 1. The summed E-state index contributed by atoms with van der Waals surface area (Å²) < 4.78 is 61.0. The van der Waals surface area contributed by atoms with Crippen molar-refractivity contribution < 1.29 is 36.3 Å². The van der Waals surface area contributed by atoms with Crippen LogP contribution in [0.4, 0.5) is 27.6 Å². The van der Waals surface area contributed by atoms with Crippen molar-refractivity contribution in [3.8, 4) is 6.07 Å². The van der Waals surface area contributed by atoms with Crippen LogP contribution in [0.1, 0.15) is 53.5 Å². The van der Waals surface area contributed by atoms with Crippen LogP contribution >= 0.6 is 11.6 Å². The molecule has 0 saturated carbocycles. The van der Waals surface area contributed by atoms with Crippen LogP contribution in [0.5, 0.6) is 0 Å². The maximum absolute atomic E-state index is 13.6. The molecule has 1 aliphatic carbocycles. The lowest BCUT2D eigenvalue weighted by atomic mass is 9.78. The second-order valence-corrected chi connectivity index (χ2v) is 10.9. The predicted molar refractivity (Wildman–Crippen MR) is 168 cm³/mol. The lowest BCUT2D eigenvalue weighted by Gasteiger charge is -2.29. The first-order valence-electron chi connectivity index (χ1n) is 14.4. The number of allylic oxidation sites excluding steroid dienone is 2. The monoisotopic (exact) mass is 671 g/mol. The average molecular weight is 672 g/mol. The van der Waals surface area contributed by atoms with Gasteiger partial charge in [0.1, 0.15) is 11.5 Å². The Morgan fingerprint density at radius 2 is 1.80 bits per heavy atom. The molecule has 2 atom stereocenters. The predicted octanol–water partition coefficient (Wildman–Crippen LogP) is 6.35. The van der Waals surface area contributed by atoms with E-state index in [0.717, 1.165) is 13.8 Å². The molecule has 0 aromatic heterocycles. The zero-order chi connectivity index (χ0) is 35.4. The van der Waals surface area contributed by atoms with Crippen LogP contribution in [0.3, 0.4) is 0 Å². The third kappa shape index (κ3) is 10.5. The summed E-state index contributed by atoms with van der Waals surface area (Å²) in [5.41, 5.74) is 5.39. The van der Waals surface area contributed by atoms with Gasteiger partial charge in [-0.25, -0.2) is 8.78 Å². The van der Waals surface area contributed by atoms with E-state index in [9.17, 15) is 41.6 Å². The summed E-state index contributed by atoms with van der Waals surface area (Å²) in [6.07, 6.45) is -0.675. The van der Waals surface area contributed by atoms with Gasteiger partial charge in [0.05, 0.1) is 16.5 Å². The average Bonchev–Trinajstić information content (AvgIpc) is 3.02. The third-order valence-corrected chi connectivity index (χ3v) is 7.18. The van der Waals surface area contributed by atoms with E-state index in [4.69, 9.17) is 17.3 Å². The molecule has 1 aromatic carbocycles. The molecular weight excluding hydrogens is 633 g/mol. The van der Waals surface area contributed by atoms with Crippen molar-refractivity contribution in [3.63, 3.8) is 0 Å². The Kier molecular flexibility index (Phi) is 15.3. The topological polar surface area (TPSA) is 137 Å². The molecule has 1 aromatic rings. The van der Waals surface area contributed by atoms with Gasteiger partial charge >= 0.3 is 6.18 Å². The highest BCUT2D eigenvalue weighted by atomic mass is 35.5. The van der Waals surface area contributed by atoms with Gasteiger partial charge in [0.15, 0.2) is 5.78 Å². The molecular formula is C32H39ClF5N5O3. The molecule has 1 aliphatic heterocycles. The summed E-state index contributed by atoms with van der Waals surface area (Å²) in [7, 11) is 0. The number of ketones is 1. The number of carbonyl (C=O) groups excluding carboxylic acids is 3. The van der Waals surface area contributed by atoms with Gasteiger partial charge < -0.3 is 21.7 Å². The first-order valence-corrected chi connectivity index (χ1v) is 14.8. The molecule has 46 heavy (non-hydrogen) atoms. The fraction of sp³-hybridized carbons (Fsp3) is 0.438. The number of amides is 2. The molecule has 2 amide bonds. The molecule has 0 fully saturated rings. The van der Waals surface area contributed by atoms with Crippen molar-refractivity contribution in [2.45, 2.75) is 66.6 Å². The first-order chi connectivity index (χ1) is 21.4. The van der Waals surface area contributed by atoms with Crippen molar-refractivity contribution >= 4 is 34.9 Å². The first kappa shape index (κ1) is 40.0. The van der Waals surface area contributed by atoms with E-state index in [1.165, 1.54) is 37.4 Å². The summed E-state index contributed by atoms with van der Waals surface area (Å²) in [6, 6.07) is 5.49. The van der Waals surface area contributed by atoms with Crippen LogP contribution in [-0.2, 0) is 14.4 Å². The highest BCUT2D eigenvalue weighted by Crippen LogP contribution is 2.37. The van der Waals surface area contributed by atoms with E-state index in [0.29, 0.717) is 16.8 Å². The number of nitrogens with zero attached hydrogens (tertiary/aromatic N) is 1. The van der Waals surface area contributed by atoms with E-state index in [1.807, 2.05) is 19.9 Å².